The molecule has 1 aromatic carbocycles. The Kier molecular flexibility index (Phi) is 2.90. The molecule has 0 spiro atoms. The van der Waals surface area contributed by atoms with E-state index in [1.807, 2.05) is 12.1 Å². The van der Waals surface area contributed by atoms with Crippen LogP contribution in [0.4, 0.5) is 4.39 Å². The molecular formula is C15H17FN2. The van der Waals surface area contributed by atoms with Crippen molar-refractivity contribution in [2.75, 3.05) is 0 Å². The van der Waals surface area contributed by atoms with Crippen molar-refractivity contribution < 1.29 is 4.39 Å². The quantitative estimate of drug-likeness (QED) is 0.790. The van der Waals surface area contributed by atoms with Gasteiger partial charge in [0.25, 0.3) is 0 Å². The number of hydrogen-bond donors (Lipinski definition) is 0. The van der Waals surface area contributed by atoms with Crippen LogP contribution in [0.1, 0.15) is 42.8 Å². The minimum atomic E-state index is -0.184. The number of aromatic nitrogens is 2. The molecule has 18 heavy (non-hydrogen) atoms. The number of nitrogens with zero attached hydrogens (tertiary/aromatic N) is 2. The van der Waals surface area contributed by atoms with Crippen LogP contribution in [-0.4, -0.2) is 9.55 Å². The summed E-state index contributed by atoms with van der Waals surface area (Å²) in [5.41, 5.74) is 2.20. The fraction of sp³-hybridized carbons (Fsp3) is 0.400. The van der Waals surface area contributed by atoms with Gasteiger partial charge >= 0.3 is 0 Å². The van der Waals surface area contributed by atoms with Gasteiger partial charge < -0.3 is 4.57 Å². The van der Waals surface area contributed by atoms with E-state index in [0.29, 0.717) is 5.92 Å². The zero-order chi connectivity index (χ0) is 12.5. The zero-order valence-corrected chi connectivity index (χ0v) is 10.6. The van der Waals surface area contributed by atoms with E-state index >= 15 is 0 Å². The van der Waals surface area contributed by atoms with Gasteiger partial charge in [-0.3, -0.25) is 0 Å². The lowest BCUT2D eigenvalue weighted by molar-refractivity contribution is 0.463. The first-order valence-corrected chi connectivity index (χ1v) is 6.53. The maximum absolute atomic E-state index is 12.8. The summed E-state index contributed by atoms with van der Waals surface area (Å²) < 4.78 is 15.1. The highest BCUT2D eigenvalue weighted by atomic mass is 19.1. The summed E-state index contributed by atoms with van der Waals surface area (Å²) in [6.45, 7) is 3.32. The van der Waals surface area contributed by atoms with Gasteiger partial charge in [-0.1, -0.05) is 19.1 Å². The average Bonchev–Trinajstić information content (AvgIpc) is 2.76. The number of imidazole rings is 1. The second-order valence-corrected chi connectivity index (χ2v) is 5.13. The molecule has 1 aromatic heterocycles. The number of hydrogen-bond acceptors (Lipinski definition) is 1. The Morgan fingerprint density at radius 3 is 2.83 bits per heavy atom. The van der Waals surface area contributed by atoms with Crippen molar-refractivity contribution in [3.63, 3.8) is 0 Å². The average molecular weight is 244 g/mol. The highest BCUT2D eigenvalue weighted by Crippen LogP contribution is 2.26. The van der Waals surface area contributed by atoms with Gasteiger partial charge in [-0.05, 0) is 30.5 Å². The van der Waals surface area contributed by atoms with Crippen LogP contribution in [0.5, 0.6) is 0 Å². The van der Waals surface area contributed by atoms with Crippen LogP contribution in [0.25, 0.3) is 0 Å². The molecule has 0 aliphatic carbocycles. The smallest absolute Gasteiger partial charge is 0.123 e. The molecule has 1 aliphatic heterocycles. The first-order valence-electron chi connectivity index (χ1n) is 6.53. The standard InChI is InChI=1S/C15H17FN2/c1-11-3-2-8-18-10-14(17-15(11)18)9-12-4-6-13(16)7-5-12/h4-7,10-11H,2-3,8-9H2,1H3. The molecule has 1 unspecified atom stereocenters. The molecule has 0 bridgehead atoms. The predicted octanol–water partition coefficient (Wildman–Crippen LogP) is 3.51. The summed E-state index contributed by atoms with van der Waals surface area (Å²) in [7, 11) is 0. The molecule has 0 saturated heterocycles. The van der Waals surface area contributed by atoms with Crippen LogP contribution in [-0.2, 0) is 13.0 Å². The predicted molar refractivity (Wildman–Crippen MR) is 69.1 cm³/mol. The van der Waals surface area contributed by atoms with Crippen molar-refractivity contribution >= 4 is 0 Å². The topological polar surface area (TPSA) is 17.8 Å². The number of fused-ring (bicyclic) bond motifs is 1. The number of halogens is 1. The van der Waals surface area contributed by atoms with Crippen molar-refractivity contribution in [1.29, 1.82) is 0 Å². The Bertz CT molecular complexity index is 542. The van der Waals surface area contributed by atoms with E-state index in [2.05, 4.69) is 17.7 Å². The molecule has 94 valence electrons. The summed E-state index contributed by atoms with van der Waals surface area (Å²) in [5, 5.41) is 0. The Hall–Kier alpha value is -1.64. The minimum Gasteiger partial charge on any atom is -0.334 e. The normalized spacial score (nSPS) is 18.7. The molecule has 0 saturated carbocycles. The molecule has 0 amide bonds. The SMILES string of the molecule is CC1CCCn2cc(Cc3ccc(F)cc3)nc21. The fourth-order valence-electron chi connectivity index (χ4n) is 2.65. The van der Waals surface area contributed by atoms with Crippen LogP contribution in [0.2, 0.25) is 0 Å². The molecule has 1 aliphatic rings. The van der Waals surface area contributed by atoms with Crippen molar-refractivity contribution in [2.24, 2.45) is 0 Å². The van der Waals surface area contributed by atoms with E-state index < -0.39 is 0 Å². The van der Waals surface area contributed by atoms with Gasteiger partial charge in [-0.15, -0.1) is 0 Å². The third-order valence-electron chi connectivity index (χ3n) is 3.63. The van der Waals surface area contributed by atoms with Crippen molar-refractivity contribution in [3.8, 4) is 0 Å². The van der Waals surface area contributed by atoms with Gasteiger partial charge in [-0.2, -0.15) is 0 Å². The number of aryl methyl sites for hydroxylation is 1. The lowest BCUT2D eigenvalue weighted by Crippen LogP contribution is -2.12. The second kappa shape index (κ2) is 4.56. The molecule has 2 nitrogen and oxygen atoms in total. The molecule has 0 N–H and O–H groups in total. The lowest BCUT2D eigenvalue weighted by atomic mass is 10.0. The van der Waals surface area contributed by atoms with E-state index in [9.17, 15) is 4.39 Å². The third-order valence-corrected chi connectivity index (χ3v) is 3.63. The molecule has 2 heterocycles. The summed E-state index contributed by atoms with van der Waals surface area (Å²) in [4.78, 5) is 4.72. The summed E-state index contributed by atoms with van der Waals surface area (Å²) in [6, 6.07) is 6.68. The van der Waals surface area contributed by atoms with Gasteiger partial charge in [0.15, 0.2) is 0 Å². The molecule has 0 radical (unpaired) electrons. The Morgan fingerprint density at radius 2 is 2.11 bits per heavy atom. The van der Waals surface area contributed by atoms with Crippen LogP contribution < -0.4 is 0 Å². The van der Waals surface area contributed by atoms with Gasteiger partial charge in [0.05, 0.1) is 5.69 Å². The van der Waals surface area contributed by atoms with E-state index in [1.54, 1.807) is 0 Å². The monoisotopic (exact) mass is 244 g/mol. The summed E-state index contributed by atoms with van der Waals surface area (Å²) in [6.07, 6.45) is 5.40. The summed E-state index contributed by atoms with van der Waals surface area (Å²) in [5.74, 6) is 1.58. The molecular weight excluding hydrogens is 227 g/mol. The van der Waals surface area contributed by atoms with E-state index in [4.69, 9.17) is 4.98 Å². The maximum Gasteiger partial charge on any atom is 0.123 e. The largest absolute Gasteiger partial charge is 0.334 e. The van der Waals surface area contributed by atoms with Crippen LogP contribution >= 0.6 is 0 Å². The minimum absolute atomic E-state index is 0.184. The summed E-state index contributed by atoms with van der Waals surface area (Å²) >= 11 is 0. The van der Waals surface area contributed by atoms with Gasteiger partial charge in [0.2, 0.25) is 0 Å². The second-order valence-electron chi connectivity index (χ2n) is 5.13. The van der Waals surface area contributed by atoms with Crippen LogP contribution in [0, 0.1) is 5.82 Å². The Morgan fingerprint density at radius 1 is 1.33 bits per heavy atom. The van der Waals surface area contributed by atoms with Gasteiger partial charge in [-0.25, -0.2) is 9.37 Å². The number of benzene rings is 1. The van der Waals surface area contributed by atoms with Gasteiger partial charge in [0, 0.05) is 25.1 Å². The molecule has 3 heteroatoms. The van der Waals surface area contributed by atoms with Crippen molar-refractivity contribution in [2.45, 2.75) is 38.6 Å². The third kappa shape index (κ3) is 2.17. The molecule has 3 rings (SSSR count). The van der Waals surface area contributed by atoms with E-state index in [0.717, 1.165) is 24.2 Å². The molecule has 0 fully saturated rings. The Balaban J connectivity index is 1.83. The van der Waals surface area contributed by atoms with Gasteiger partial charge in [0.1, 0.15) is 11.6 Å². The maximum atomic E-state index is 12.8. The fourth-order valence-corrected chi connectivity index (χ4v) is 2.65. The van der Waals surface area contributed by atoms with E-state index in [1.165, 1.54) is 30.8 Å². The first-order chi connectivity index (χ1) is 8.72. The molecule has 2 aromatic rings. The van der Waals surface area contributed by atoms with Crippen molar-refractivity contribution in [3.05, 3.63) is 53.4 Å². The van der Waals surface area contributed by atoms with E-state index in [-0.39, 0.29) is 5.82 Å². The molecule has 1 atom stereocenters. The Labute approximate surface area is 106 Å². The zero-order valence-electron chi connectivity index (χ0n) is 10.6. The van der Waals surface area contributed by atoms with Crippen molar-refractivity contribution in [1.82, 2.24) is 9.55 Å². The first kappa shape index (κ1) is 11.5. The van der Waals surface area contributed by atoms with Crippen LogP contribution in [0.15, 0.2) is 30.5 Å². The highest BCUT2D eigenvalue weighted by molar-refractivity contribution is 5.22. The van der Waals surface area contributed by atoms with Crippen LogP contribution in [0.3, 0.4) is 0 Å². The lowest BCUT2D eigenvalue weighted by Gasteiger charge is -2.19. The number of rotatable bonds is 2. The highest BCUT2D eigenvalue weighted by Gasteiger charge is 2.18.